The predicted molar refractivity (Wildman–Crippen MR) is 141 cm³/mol. The number of benzene rings is 1. The van der Waals surface area contributed by atoms with Gasteiger partial charge in [0.1, 0.15) is 22.9 Å². The average molecular weight is 538 g/mol. The van der Waals surface area contributed by atoms with Crippen molar-refractivity contribution >= 4 is 44.6 Å². The molecule has 0 saturated heterocycles. The number of aromatic nitrogens is 2. The van der Waals surface area contributed by atoms with Gasteiger partial charge in [0, 0.05) is 41.6 Å². The van der Waals surface area contributed by atoms with E-state index in [4.69, 9.17) is 10.00 Å². The Morgan fingerprint density at radius 1 is 1.21 bits per heavy atom. The standard InChI is InChI=1S/C25H27N7O5S/c1-24(2,3)37-23(34)30-22-31-25(4,14-38(35,36)32(22)5)18-13-28-19-9-7-16(10-17(18)19)29-21(33)20-8-6-15(11-26)12-27-20/h6-10,12-13,28H,14H2,1-5H3,(H,29,33)(H,30,31,34)/t25-/m0/s1. The molecule has 3 aromatic rings. The van der Waals surface area contributed by atoms with E-state index in [0.29, 0.717) is 27.7 Å². The van der Waals surface area contributed by atoms with E-state index in [2.05, 4.69) is 25.6 Å². The molecule has 0 bridgehead atoms. The maximum absolute atomic E-state index is 13.1. The fourth-order valence-electron chi connectivity index (χ4n) is 3.99. The van der Waals surface area contributed by atoms with Gasteiger partial charge in [0.05, 0.1) is 11.3 Å². The van der Waals surface area contributed by atoms with Gasteiger partial charge in [-0.3, -0.25) is 10.1 Å². The lowest BCUT2D eigenvalue weighted by molar-refractivity contribution is 0.0559. The van der Waals surface area contributed by atoms with Crippen LogP contribution in [0.5, 0.6) is 0 Å². The van der Waals surface area contributed by atoms with E-state index in [9.17, 15) is 18.0 Å². The molecule has 3 heterocycles. The van der Waals surface area contributed by atoms with E-state index < -0.39 is 33.2 Å². The van der Waals surface area contributed by atoms with E-state index in [1.165, 1.54) is 25.4 Å². The Balaban J connectivity index is 1.68. The van der Waals surface area contributed by atoms with E-state index >= 15 is 0 Å². The predicted octanol–water partition coefficient (Wildman–Crippen LogP) is 3.06. The summed E-state index contributed by atoms with van der Waals surface area (Å²) >= 11 is 0. The van der Waals surface area contributed by atoms with E-state index in [-0.39, 0.29) is 17.4 Å². The van der Waals surface area contributed by atoms with Crippen molar-refractivity contribution in [1.82, 2.24) is 19.6 Å². The molecule has 38 heavy (non-hydrogen) atoms. The summed E-state index contributed by atoms with van der Waals surface area (Å²) in [4.78, 5) is 36.8. The molecule has 3 N–H and O–H groups in total. The third-order valence-corrected chi connectivity index (χ3v) is 7.72. The molecule has 1 aromatic carbocycles. The van der Waals surface area contributed by atoms with Crippen molar-refractivity contribution in [3.8, 4) is 6.07 Å². The first kappa shape index (κ1) is 26.6. The highest BCUT2D eigenvalue weighted by atomic mass is 32.2. The minimum atomic E-state index is -3.86. The number of aromatic amines is 1. The molecule has 1 aliphatic rings. The van der Waals surface area contributed by atoms with Gasteiger partial charge in [-0.2, -0.15) is 5.26 Å². The number of ether oxygens (including phenoxy) is 1. The number of nitrogens with one attached hydrogen (secondary N) is 3. The van der Waals surface area contributed by atoms with Crippen molar-refractivity contribution < 1.29 is 22.7 Å². The summed E-state index contributed by atoms with van der Waals surface area (Å²) in [6, 6.07) is 10.0. The maximum Gasteiger partial charge on any atom is 0.414 e. The summed E-state index contributed by atoms with van der Waals surface area (Å²) in [5, 5.41) is 14.8. The molecule has 1 aliphatic heterocycles. The number of H-pyrrole nitrogens is 1. The van der Waals surface area contributed by atoms with Gasteiger partial charge in [-0.05, 0) is 58.0 Å². The minimum absolute atomic E-state index is 0.134. The fraction of sp³-hybridized carbons (Fsp3) is 0.320. The highest BCUT2D eigenvalue weighted by Crippen LogP contribution is 2.37. The van der Waals surface area contributed by atoms with Crippen LogP contribution < -0.4 is 10.6 Å². The van der Waals surface area contributed by atoms with Crippen LogP contribution in [0.15, 0.2) is 47.7 Å². The number of alkyl carbamates (subject to hydrolysis) is 1. The molecule has 0 unspecified atom stereocenters. The SMILES string of the molecule is CN1C(NC(=O)OC(C)(C)C)=N[C@](C)(c2c[nH]c3ccc(NC(=O)c4ccc(C#N)cn4)cc23)CS1(=O)=O. The lowest BCUT2D eigenvalue weighted by Gasteiger charge is -2.35. The molecule has 198 valence electrons. The number of sulfonamides is 1. The number of hydrogen-bond donors (Lipinski definition) is 3. The van der Waals surface area contributed by atoms with Gasteiger partial charge in [-0.25, -0.2) is 27.5 Å². The van der Waals surface area contributed by atoms with Gasteiger partial charge in [0.25, 0.3) is 5.91 Å². The number of rotatable bonds is 3. The van der Waals surface area contributed by atoms with Crippen molar-refractivity contribution in [1.29, 1.82) is 5.26 Å². The molecule has 0 radical (unpaired) electrons. The molecule has 2 aromatic heterocycles. The smallest absolute Gasteiger partial charge is 0.414 e. The lowest BCUT2D eigenvalue weighted by atomic mass is 9.94. The Morgan fingerprint density at radius 2 is 1.95 bits per heavy atom. The van der Waals surface area contributed by atoms with Crippen molar-refractivity contribution in [3.63, 3.8) is 0 Å². The second-order valence-corrected chi connectivity index (χ2v) is 12.0. The molecular weight excluding hydrogens is 510 g/mol. The fourth-order valence-corrected chi connectivity index (χ4v) is 5.47. The van der Waals surface area contributed by atoms with Gasteiger partial charge in [-0.1, -0.05) is 0 Å². The molecule has 2 amide bonds. The van der Waals surface area contributed by atoms with Gasteiger partial charge < -0.3 is 15.0 Å². The molecule has 0 spiro atoms. The van der Waals surface area contributed by atoms with E-state index in [1.807, 2.05) is 6.07 Å². The van der Waals surface area contributed by atoms with E-state index in [0.717, 1.165) is 4.31 Å². The zero-order chi connectivity index (χ0) is 27.9. The maximum atomic E-state index is 13.1. The topological polar surface area (TPSA) is 170 Å². The number of anilines is 1. The Hall–Kier alpha value is -4.44. The average Bonchev–Trinajstić information content (AvgIpc) is 3.25. The number of hydrogen-bond acceptors (Lipinski definition) is 8. The Labute approximate surface area is 219 Å². The van der Waals surface area contributed by atoms with Gasteiger partial charge in [0.2, 0.25) is 16.0 Å². The number of nitriles is 1. The first-order chi connectivity index (χ1) is 17.7. The first-order valence-corrected chi connectivity index (χ1v) is 13.2. The zero-order valence-corrected chi connectivity index (χ0v) is 22.3. The summed E-state index contributed by atoms with van der Waals surface area (Å²) in [5.74, 6) is -0.992. The monoisotopic (exact) mass is 537 g/mol. The van der Waals surface area contributed by atoms with Crippen LogP contribution in [0.2, 0.25) is 0 Å². The van der Waals surface area contributed by atoms with Crippen LogP contribution in [-0.4, -0.2) is 59.1 Å². The van der Waals surface area contributed by atoms with Crippen LogP contribution in [-0.2, 0) is 20.3 Å². The number of pyridine rings is 1. The summed E-state index contributed by atoms with van der Waals surface area (Å²) in [7, 11) is -2.55. The third kappa shape index (κ3) is 5.45. The van der Waals surface area contributed by atoms with Crippen LogP contribution in [0.4, 0.5) is 10.5 Å². The molecular formula is C25H27N7O5S. The normalized spacial score (nSPS) is 18.8. The second-order valence-electron chi connectivity index (χ2n) is 10.0. The van der Waals surface area contributed by atoms with Crippen molar-refractivity contribution in [2.75, 3.05) is 18.1 Å². The summed E-state index contributed by atoms with van der Waals surface area (Å²) in [6.45, 7) is 6.74. The number of fused-ring (bicyclic) bond motifs is 1. The van der Waals surface area contributed by atoms with Crippen molar-refractivity contribution in [3.05, 3.63) is 59.5 Å². The lowest BCUT2D eigenvalue weighted by Crippen LogP contribution is -2.54. The second kappa shape index (κ2) is 9.46. The highest BCUT2D eigenvalue weighted by molar-refractivity contribution is 7.89. The van der Waals surface area contributed by atoms with Crippen LogP contribution in [0.3, 0.4) is 0 Å². The number of nitrogens with zero attached hydrogens (tertiary/aromatic N) is 4. The number of amides is 2. The number of carbonyl (C=O) groups is 2. The largest absolute Gasteiger partial charge is 0.444 e. The number of guanidine groups is 1. The van der Waals surface area contributed by atoms with Crippen LogP contribution in [0.1, 0.15) is 49.3 Å². The summed E-state index contributed by atoms with van der Waals surface area (Å²) < 4.78 is 32.3. The van der Waals surface area contributed by atoms with E-state index in [1.54, 1.807) is 52.1 Å². The molecule has 0 saturated carbocycles. The van der Waals surface area contributed by atoms with Gasteiger partial charge in [0.15, 0.2) is 0 Å². The Kier molecular flexibility index (Phi) is 6.62. The zero-order valence-electron chi connectivity index (χ0n) is 21.5. The molecule has 12 nitrogen and oxygen atoms in total. The number of aliphatic imine (C=N–C) groups is 1. The molecule has 13 heteroatoms. The van der Waals surface area contributed by atoms with Gasteiger partial charge in [-0.15, -0.1) is 0 Å². The quantitative estimate of drug-likeness (QED) is 0.461. The van der Waals surface area contributed by atoms with Crippen molar-refractivity contribution in [2.45, 2.75) is 38.8 Å². The molecule has 4 rings (SSSR count). The molecule has 0 fully saturated rings. The number of carbonyl (C=O) groups excluding carboxylic acids is 2. The summed E-state index contributed by atoms with van der Waals surface area (Å²) in [5.41, 5.74) is 0.113. The summed E-state index contributed by atoms with van der Waals surface area (Å²) in [6.07, 6.45) is 2.14. The third-order valence-electron chi connectivity index (χ3n) is 5.79. The van der Waals surface area contributed by atoms with Crippen LogP contribution >= 0.6 is 0 Å². The molecule has 0 aliphatic carbocycles. The Morgan fingerprint density at radius 3 is 2.58 bits per heavy atom. The first-order valence-electron chi connectivity index (χ1n) is 11.6. The van der Waals surface area contributed by atoms with Crippen LogP contribution in [0, 0.1) is 11.3 Å². The Bertz CT molecular complexity index is 1600. The minimum Gasteiger partial charge on any atom is -0.444 e. The molecule has 1 atom stereocenters. The van der Waals surface area contributed by atoms with Gasteiger partial charge >= 0.3 is 6.09 Å². The van der Waals surface area contributed by atoms with Crippen LogP contribution in [0.25, 0.3) is 10.9 Å². The van der Waals surface area contributed by atoms with Crippen molar-refractivity contribution in [2.24, 2.45) is 4.99 Å². The highest BCUT2D eigenvalue weighted by Gasteiger charge is 2.43.